The first-order valence-corrected chi connectivity index (χ1v) is 8.66. The first-order valence-electron chi connectivity index (χ1n) is 6.69. The van der Waals surface area contributed by atoms with Crippen LogP contribution in [-0.2, 0) is 6.54 Å². The molecule has 2 heterocycles. The second-order valence-corrected chi connectivity index (χ2v) is 7.23. The quantitative estimate of drug-likeness (QED) is 0.920. The molecule has 1 aromatic heterocycles. The SMILES string of the molecule is CNCc1sc(N2CCCSCC2)nc1C(C)C. The third-order valence-corrected chi connectivity index (χ3v) is 5.27. The lowest BCUT2D eigenvalue weighted by atomic mass is 10.1. The number of thioether (sulfide) groups is 1. The Labute approximate surface area is 118 Å². The highest BCUT2D eigenvalue weighted by atomic mass is 32.2. The summed E-state index contributed by atoms with van der Waals surface area (Å²) < 4.78 is 0. The van der Waals surface area contributed by atoms with Gasteiger partial charge in [-0.1, -0.05) is 13.8 Å². The molecule has 1 aromatic rings. The van der Waals surface area contributed by atoms with E-state index in [0.717, 1.165) is 19.6 Å². The van der Waals surface area contributed by atoms with Gasteiger partial charge in [-0.15, -0.1) is 11.3 Å². The summed E-state index contributed by atoms with van der Waals surface area (Å²) >= 11 is 3.94. The first kappa shape index (κ1) is 14.2. The van der Waals surface area contributed by atoms with E-state index in [-0.39, 0.29) is 0 Å². The zero-order valence-corrected chi connectivity index (χ0v) is 13.2. The van der Waals surface area contributed by atoms with Gasteiger partial charge in [-0.2, -0.15) is 11.8 Å². The number of hydrogen-bond acceptors (Lipinski definition) is 5. The van der Waals surface area contributed by atoms with Crippen LogP contribution in [0, 0.1) is 0 Å². The summed E-state index contributed by atoms with van der Waals surface area (Å²) in [5.74, 6) is 3.04. The minimum Gasteiger partial charge on any atom is -0.347 e. The molecule has 0 amide bonds. The molecule has 1 saturated heterocycles. The Hall–Kier alpha value is -0.260. The summed E-state index contributed by atoms with van der Waals surface area (Å²) in [7, 11) is 2.01. The number of rotatable bonds is 4. The lowest BCUT2D eigenvalue weighted by Gasteiger charge is -2.18. The predicted molar refractivity (Wildman–Crippen MR) is 83.1 cm³/mol. The summed E-state index contributed by atoms with van der Waals surface area (Å²) in [5, 5.41) is 4.48. The zero-order chi connectivity index (χ0) is 13.0. The van der Waals surface area contributed by atoms with Crippen LogP contribution in [0.5, 0.6) is 0 Å². The van der Waals surface area contributed by atoms with Crippen molar-refractivity contribution in [3.05, 3.63) is 10.6 Å². The van der Waals surface area contributed by atoms with E-state index < -0.39 is 0 Å². The molecule has 1 aliphatic heterocycles. The summed E-state index contributed by atoms with van der Waals surface area (Å²) in [6.07, 6.45) is 1.28. The summed E-state index contributed by atoms with van der Waals surface area (Å²) in [6, 6.07) is 0. The molecule has 0 unspecified atom stereocenters. The van der Waals surface area contributed by atoms with Crippen LogP contribution in [0.2, 0.25) is 0 Å². The third-order valence-electron chi connectivity index (χ3n) is 3.09. The molecule has 0 spiro atoms. The Morgan fingerprint density at radius 3 is 2.89 bits per heavy atom. The normalized spacial score (nSPS) is 17.2. The van der Waals surface area contributed by atoms with Crippen molar-refractivity contribution >= 4 is 28.2 Å². The van der Waals surface area contributed by atoms with Crippen LogP contribution in [0.1, 0.15) is 36.8 Å². The van der Waals surface area contributed by atoms with Crippen LogP contribution in [0.25, 0.3) is 0 Å². The van der Waals surface area contributed by atoms with Crippen LogP contribution < -0.4 is 10.2 Å². The molecule has 1 N–H and O–H groups in total. The van der Waals surface area contributed by atoms with Crippen LogP contribution in [0.3, 0.4) is 0 Å². The van der Waals surface area contributed by atoms with Gasteiger partial charge in [0.2, 0.25) is 0 Å². The number of hydrogen-bond donors (Lipinski definition) is 1. The van der Waals surface area contributed by atoms with Gasteiger partial charge in [0.1, 0.15) is 0 Å². The lowest BCUT2D eigenvalue weighted by Crippen LogP contribution is -2.25. The van der Waals surface area contributed by atoms with Gasteiger partial charge in [-0.05, 0) is 25.1 Å². The van der Waals surface area contributed by atoms with E-state index in [1.54, 1.807) is 0 Å². The molecule has 0 atom stereocenters. The van der Waals surface area contributed by atoms with E-state index in [2.05, 4.69) is 35.8 Å². The molecule has 102 valence electrons. The van der Waals surface area contributed by atoms with E-state index in [9.17, 15) is 0 Å². The van der Waals surface area contributed by atoms with E-state index in [1.165, 1.54) is 33.6 Å². The Balaban J connectivity index is 2.18. The monoisotopic (exact) mass is 285 g/mol. The average Bonchev–Trinajstić information content (AvgIpc) is 2.59. The summed E-state index contributed by atoms with van der Waals surface area (Å²) in [5.41, 5.74) is 1.28. The average molecular weight is 285 g/mol. The standard InChI is InChI=1S/C13H23N3S2/c1-10(2)12-11(9-14-3)18-13(15-12)16-5-4-7-17-8-6-16/h10,14H,4-9H2,1-3H3. The second kappa shape index (κ2) is 6.78. The van der Waals surface area contributed by atoms with Gasteiger partial charge in [0, 0.05) is 30.3 Å². The van der Waals surface area contributed by atoms with E-state index in [1.807, 2.05) is 18.4 Å². The molecule has 0 radical (unpaired) electrons. The van der Waals surface area contributed by atoms with Crippen LogP contribution in [-0.4, -0.2) is 36.6 Å². The molecule has 5 heteroatoms. The predicted octanol–water partition coefficient (Wildman–Crippen LogP) is 2.93. The first-order chi connectivity index (χ1) is 8.72. The lowest BCUT2D eigenvalue weighted by molar-refractivity contribution is 0.762. The highest BCUT2D eigenvalue weighted by Gasteiger charge is 2.18. The second-order valence-electron chi connectivity index (χ2n) is 4.94. The largest absolute Gasteiger partial charge is 0.347 e. The number of nitrogens with one attached hydrogen (secondary N) is 1. The van der Waals surface area contributed by atoms with Gasteiger partial charge < -0.3 is 10.2 Å². The molecule has 0 aromatic carbocycles. The molecule has 0 saturated carbocycles. The van der Waals surface area contributed by atoms with Gasteiger partial charge in [0.15, 0.2) is 5.13 Å². The van der Waals surface area contributed by atoms with Crippen molar-refractivity contribution in [2.75, 3.05) is 36.5 Å². The third kappa shape index (κ3) is 3.39. The van der Waals surface area contributed by atoms with Gasteiger partial charge in [-0.3, -0.25) is 0 Å². The maximum Gasteiger partial charge on any atom is 0.185 e. The van der Waals surface area contributed by atoms with Crippen molar-refractivity contribution < 1.29 is 0 Å². The fourth-order valence-corrected chi connectivity index (χ4v) is 4.33. The molecule has 18 heavy (non-hydrogen) atoms. The molecule has 0 bridgehead atoms. The molecule has 0 aliphatic carbocycles. The van der Waals surface area contributed by atoms with Crippen molar-refractivity contribution in [1.29, 1.82) is 0 Å². The van der Waals surface area contributed by atoms with Crippen molar-refractivity contribution in [2.45, 2.75) is 32.7 Å². The van der Waals surface area contributed by atoms with Crippen molar-refractivity contribution in [3.8, 4) is 0 Å². The molecule has 1 fully saturated rings. The fraction of sp³-hybridized carbons (Fsp3) is 0.769. The number of anilines is 1. The minimum absolute atomic E-state index is 0.514. The van der Waals surface area contributed by atoms with E-state index in [4.69, 9.17) is 4.98 Å². The van der Waals surface area contributed by atoms with Crippen molar-refractivity contribution in [1.82, 2.24) is 10.3 Å². The molecule has 3 nitrogen and oxygen atoms in total. The summed E-state index contributed by atoms with van der Waals surface area (Å²) in [6.45, 7) is 7.71. The van der Waals surface area contributed by atoms with E-state index >= 15 is 0 Å². The van der Waals surface area contributed by atoms with Crippen molar-refractivity contribution in [3.63, 3.8) is 0 Å². The number of thiazole rings is 1. The zero-order valence-electron chi connectivity index (χ0n) is 11.5. The van der Waals surface area contributed by atoms with Gasteiger partial charge in [0.25, 0.3) is 0 Å². The van der Waals surface area contributed by atoms with Crippen LogP contribution >= 0.6 is 23.1 Å². The Kier molecular flexibility index (Phi) is 5.33. The highest BCUT2D eigenvalue weighted by molar-refractivity contribution is 7.99. The van der Waals surface area contributed by atoms with Gasteiger partial charge in [-0.25, -0.2) is 4.98 Å². The molecular formula is C13H23N3S2. The number of aromatic nitrogens is 1. The Bertz CT molecular complexity index is 368. The minimum atomic E-state index is 0.514. The van der Waals surface area contributed by atoms with Crippen LogP contribution in [0.15, 0.2) is 0 Å². The topological polar surface area (TPSA) is 28.2 Å². The smallest absolute Gasteiger partial charge is 0.185 e. The molecular weight excluding hydrogens is 262 g/mol. The Morgan fingerprint density at radius 1 is 1.33 bits per heavy atom. The van der Waals surface area contributed by atoms with E-state index in [0.29, 0.717) is 5.92 Å². The highest BCUT2D eigenvalue weighted by Crippen LogP contribution is 2.31. The summed E-state index contributed by atoms with van der Waals surface area (Å²) in [4.78, 5) is 8.76. The number of nitrogens with zero attached hydrogens (tertiary/aromatic N) is 2. The molecule has 1 aliphatic rings. The van der Waals surface area contributed by atoms with Gasteiger partial charge >= 0.3 is 0 Å². The Morgan fingerprint density at radius 2 is 2.17 bits per heavy atom. The van der Waals surface area contributed by atoms with Crippen LogP contribution in [0.4, 0.5) is 5.13 Å². The molecule has 2 rings (SSSR count). The maximum absolute atomic E-state index is 4.89. The maximum atomic E-state index is 4.89. The van der Waals surface area contributed by atoms with Gasteiger partial charge in [0.05, 0.1) is 5.69 Å². The van der Waals surface area contributed by atoms with Crippen molar-refractivity contribution in [2.24, 2.45) is 0 Å². The fourth-order valence-electron chi connectivity index (χ4n) is 2.16.